The van der Waals surface area contributed by atoms with Crippen LogP contribution in [0, 0.1) is 17.8 Å². The molecule has 1 heterocycles. The highest BCUT2D eigenvalue weighted by molar-refractivity contribution is 5.87. The maximum absolute atomic E-state index is 13.9. The Morgan fingerprint density at radius 1 is 0.673 bits per heavy atom. The van der Waals surface area contributed by atoms with E-state index in [1.165, 1.54) is 14.2 Å². The van der Waals surface area contributed by atoms with Crippen molar-refractivity contribution in [2.45, 2.75) is 98.0 Å². The van der Waals surface area contributed by atoms with Crippen molar-refractivity contribution in [2.24, 2.45) is 10.8 Å². The number of methoxy groups -OCH3 is 2. The van der Waals surface area contributed by atoms with Crippen molar-refractivity contribution in [3.63, 3.8) is 0 Å². The molecule has 0 radical (unpaired) electrons. The van der Waals surface area contributed by atoms with Crippen LogP contribution in [0.5, 0.6) is 0 Å². The molecule has 52 heavy (non-hydrogen) atoms. The van der Waals surface area contributed by atoms with E-state index in [0.717, 1.165) is 27.9 Å². The van der Waals surface area contributed by atoms with Gasteiger partial charge >= 0.3 is 12.2 Å². The lowest BCUT2D eigenvalue weighted by atomic mass is 9.85. The lowest BCUT2D eigenvalue weighted by molar-refractivity contribution is -0.128. The molecule has 2 aromatic carbocycles. The summed E-state index contributed by atoms with van der Waals surface area (Å²) in [7, 11) is 2.45. The minimum Gasteiger partial charge on any atom is -0.453 e. The highest BCUT2D eigenvalue weighted by Gasteiger charge is 2.37. The number of aliphatic hydroxyl groups excluding tert-OH is 1. The highest BCUT2D eigenvalue weighted by atomic mass is 16.5. The predicted octanol–water partition coefficient (Wildman–Crippen LogP) is 5.10. The maximum atomic E-state index is 13.9. The van der Waals surface area contributed by atoms with Gasteiger partial charge in [-0.05, 0) is 59.8 Å². The molecule has 0 fully saturated rings. The standard InChI is InChI=1S/C40H55N5O7/c1-25-15-18-29(24-41-25)28-19-16-27(17-20-28)22-31(43-36(48)34(40(5,6)7)45-38(50)52-9)32(46)23-30(21-26-13-11-10-12-14-26)42-35(47)33(39(2,3)4)44-37(49)51-8/h10-20,24,30-34,46H,21-23H2,1-9H3,(H,42,47)(H,43,48)(H,44,49)(H,45,50)/t30-,31-,32-,33+,34-/m0/s1. The van der Waals surface area contributed by atoms with Crippen molar-refractivity contribution in [3.05, 3.63) is 89.7 Å². The first-order valence-electron chi connectivity index (χ1n) is 17.4. The van der Waals surface area contributed by atoms with Gasteiger partial charge in [0, 0.05) is 23.5 Å². The molecule has 0 saturated carbocycles. The van der Waals surface area contributed by atoms with E-state index >= 15 is 0 Å². The number of aromatic nitrogens is 1. The summed E-state index contributed by atoms with van der Waals surface area (Å²) in [6, 6.07) is 17.9. The molecular weight excluding hydrogens is 662 g/mol. The second kappa shape index (κ2) is 18.5. The molecule has 3 rings (SSSR count). The summed E-state index contributed by atoms with van der Waals surface area (Å²) >= 11 is 0. The summed E-state index contributed by atoms with van der Waals surface area (Å²) in [5.41, 5.74) is 3.24. The molecule has 0 unspecified atom stereocenters. The number of carbonyl (C=O) groups excluding carboxylic acids is 4. The Balaban J connectivity index is 1.96. The molecule has 0 spiro atoms. The van der Waals surface area contributed by atoms with Gasteiger partial charge in [0.1, 0.15) is 12.1 Å². The monoisotopic (exact) mass is 717 g/mol. The number of rotatable bonds is 14. The van der Waals surface area contributed by atoms with Gasteiger partial charge in [0.05, 0.1) is 26.4 Å². The fraction of sp³-hybridized carbons (Fsp3) is 0.475. The first-order valence-corrected chi connectivity index (χ1v) is 17.4. The van der Waals surface area contributed by atoms with E-state index in [9.17, 15) is 24.3 Å². The Hall–Kier alpha value is -4.97. The van der Waals surface area contributed by atoms with Crippen molar-refractivity contribution in [2.75, 3.05) is 14.2 Å². The number of aryl methyl sites for hydroxylation is 1. The molecule has 5 N–H and O–H groups in total. The number of carbonyl (C=O) groups is 4. The Kier molecular flexibility index (Phi) is 14.7. The Morgan fingerprint density at radius 2 is 1.17 bits per heavy atom. The van der Waals surface area contributed by atoms with E-state index in [0.29, 0.717) is 6.42 Å². The Bertz CT molecular complexity index is 1620. The van der Waals surface area contributed by atoms with E-state index < -0.39 is 65.1 Å². The van der Waals surface area contributed by atoms with Crippen LogP contribution in [0.1, 0.15) is 64.8 Å². The molecule has 282 valence electrons. The van der Waals surface area contributed by atoms with E-state index in [4.69, 9.17) is 9.47 Å². The molecule has 0 saturated heterocycles. The third-order valence-electron chi connectivity index (χ3n) is 8.80. The van der Waals surface area contributed by atoms with Crippen LogP contribution in [0.15, 0.2) is 72.9 Å². The molecule has 12 nitrogen and oxygen atoms in total. The SMILES string of the molecule is COC(=O)N[C@H](C(=O)N[C@@H](Cc1ccccc1)C[C@H](O)[C@H](Cc1ccc(-c2ccc(C)nc2)cc1)NC(=O)[C@H](NC(=O)OC)C(C)(C)C)C(C)(C)C. The number of aliphatic hydroxyl groups is 1. The van der Waals surface area contributed by atoms with Gasteiger partial charge in [-0.1, -0.05) is 102 Å². The number of pyridine rings is 1. The zero-order chi connectivity index (χ0) is 38.6. The lowest BCUT2D eigenvalue weighted by Crippen LogP contribution is -2.59. The summed E-state index contributed by atoms with van der Waals surface area (Å²) in [5, 5.41) is 23.3. The van der Waals surface area contributed by atoms with Crippen LogP contribution in [0.3, 0.4) is 0 Å². The summed E-state index contributed by atoms with van der Waals surface area (Å²) in [6.45, 7) is 12.9. The predicted molar refractivity (Wildman–Crippen MR) is 200 cm³/mol. The van der Waals surface area contributed by atoms with Gasteiger partial charge in [-0.3, -0.25) is 14.6 Å². The van der Waals surface area contributed by atoms with Crippen molar-refractivity contribution in [1.29, 1.82) is 0 Å². The first kappa shape index (κ1) is 41.5. The van der Waals surface area contributed by atoms with Crippen LogP contribution < -0.4 is 21.3 Å². The molecule has 0 aliphatic heterocycles. The number of alkyl carbamates (subject to hydrolysis) is 2. The number of benzene rings is 2. The minimum absolute atomic E-state index is 0.0540. The van der Waals surface area contributed by atoms with Crippen LogP contribution in [-0.2, 0) is 31.9 Å². The molecular formula is C40H55N5O7. The van der Waals surface area contributed by atoms with Crippen molar-refractivity contribution < 1.29 is 33.8 Å². The van der Waals surface area contributed by atoms with Gasteiger partial charge in [-0.15, -0.1) is 0 Å². The first-order chi connectivity index (χ1) is 24.4. The van der Waals surface area contributed by atoms with Gasteiger partial charge in [0.25, 0.3) is 0 Å². The van der Waals surface area contributed by atoms with Gasteiger partial charge in [-0.2, -0.15) is 0 Å². The Morgan fingerprint density at radius 3 is 1.65 bits per heavy atom. The average Bonchev–Trinajstić information content (AvgIpc) is 3.08. The zero-order valence-corrected chi connectivity index (χ0v) is 31.8. The van der Waals surface area contributed by atoms with Gasteiger partial charge in [0.15, 0.2) is 0 Å². The number of nitrogens with one attached hydrogen (secondary N) is 4. The third-order valence-corrected chi connectivity index (χ3v) is 8.80. The highest BCUT2D eigenvalue weighted by Crippen LogP contribution is 2.24. The average molecular weight is 718 g/mol. The van der Waals surface area contributed by atoms with Crippen molar-refractivity contribution in [1.82, 2.24) is 26.3 Å². The summed E-state index contributed by atoms with van der Waals surface area (Å²) in [5.74, 6) is -0.939. The zero-order valence-electron chi connectivity index (χ0n) is 31.8. The second-order valence-corrected chi connectivity index (χ2v) is 15.3. The molecule has 3 aromatic rings. The molecule has 1 aromatic heterocycles. The van der Waals surface area contributed by atoms with Gasteiger partial charge in [0.2, 0.25) is 11.8 Å². The number of hydrogen-bond donors (Lipinski definition) is 5. The van der Waals surface area contributed by atoms with Crippen LogP contribution >= 0.6 is 0 Å². The normalized spacial score (nSPS) is 14.5. The number of ether oxygens (including phenoxy) is 2. The Labute approximate surface area is 307 Å². The van der Waals surface area contributed by atoms with Crippen molar-refractivity contribution in [3.8, 4) is 11.1 Å². The van der Waals surface area contributed by atoms with Crippen LogP contribution in [0.25, 0.3) is 11.1 Å². The number of nitrogens with zero attached hydrogens (tertiary/aromatic N) is 1. The number of hydrogen-bond acceptors (Lipinski definition) is 8. The van der Waals surface area contributed by atoms with E-state index in [1.807, 2.05) is 121 Å². The molecule has 0 bridgehead atoms. The third kappa shape index (κ3) is 12.7. The van der Waals surface area contributed by atoms with Crippen LogP contribution in [0.4, 0.5) is 9.59 Å². The van der Waals surface area contributed by atoms with Gasteiger partial charge < -0.3 is 35.8 Å². The molecule has 4 amide bonds. The molecule has 0 aliphatic rings. The topological polar surface area (TPSA) is 168 Å². The largest absolute Gasteiger partial charge is 0.453 e. The quantitative estimate of drug-likeness (QED) is 0.154. The molecule has 12 heteroatoms. The van der Waals surface area contributed by atoms with Crippen LogP contribution in [-0.4, -0.2) is 78.6 Å². The lowest BCUT2D eigenvalue weighted by Gasteiger charge is -2.34. The summed E-state index contributed by atoms with van der Waals surface area (Å²) in [6.07, 6.45) is -0.173. The second-order valence-electron chi connectivity index (χ2n) is 15.3. The fourth-order valence-electron chi connectivity index (χ4n) is 5.81. The van der Waals surface area contributed by atoms with E-state index in [-0.39, 0.29) is 12.8 Å². The number of amides is 4. The smallest absolute Gasteiger partial charge is 0.407 e. The molecule has 5 atom stereocenters. The molecule has 0 aliphatic carbocycles. The van der Waals surface area contributed by atoms with E-state index in [1.54, 1.807) is 0 Å². The summed E-state index contributed by atoms with van der Waals surface area (Å²) < 4.78 is 9.57. The minimum atomic E-state index is -1.15. The maximum Gasteiger partial charge on any atom is 0.407 e. The van der Waals surface area contributed by atoms with E-state index in [2.05, 4.69) is 26.3 Å². The van der Waals surface area contributed by atoms with Gasteiger partial charge in [-0.25, -0.2) is 9.59 Å². The van der Waals surface area contributed by atoms with Crippen LogP contribution in [0.2, 0.25) is 0 Å². The fourth-order valence-corrected chi connectivity index (χ4v) is 5.81. The summed E-state index contributed by atoms with van der Waals surface area (Å²) in [4.78, 5) is 56.5. The van der Waals surface area contributed by atoms with Crippen molar-refractivity contribution >= 4 is 24.0 Å².